The molecule has 0 unspecified atom stereocenters. The molecule has 0 aliphatic carbocycles. The Kier molecular flexibility index (Phi) is 7.13. The smallest absolute Gasteiger partial charge is 0.264 e. The Morgan fingerprint density at radius 2 is 1.53 bits per heavy atom. The fraction of sp³-hybridized carbons (Fsp3) is 0.148. The summed E-state index contributed by atoms with van der Waals surface area (Å²) in [6, 6.07) is 28.7. The number of hydrogen-bond acceptors (Lipinski definition) is 4. The predicted molar refractivity (Wildman–Crippen MR) is 134 cm³/mol. The highest BCUT2D eigenvalue weighted by molar-refractivity contribution is 7.92. The minimum Gasteiger partial charge on any atom is -0.494 e. The third kappa shape index (κ3) is 5.38. The Bertz CT molecular complexity index is 1370. The first-order chi connectivity index (χ1) is 16.5. The summed E-state index contributed by atoms with van der Waals surface area (Å²) in [7, 11) is -3.95. The summed E-state index contributed by atoms with van der Waals surface area (Å²) in [5.41, 5.74) is 1.32. The van der Waals surface area contributed by atoms with Gasteiger partial charge in [0.15, 0.2) is 0 Å². The van der Waals surface area contributed by atoms with E-state index in [1.165, 1.54) is 12.1 Å². The lowest BCUT2D eigenvalue weighted by molar-refractivity contribution is -0.119. The summed E-state index contributed by atoms with van der Waals surface area (Å²) < 4.78 is 33.4. The first kappa shape index (κ1) is 23.3. The number of nitrogens with one attached hydrogen (secondary N) is 1. The molecule has 34 heavy (non-hydrogen) atoms. The molecule has 0 aromatic heterocycles. The zero-order valence-electron chi connectivity index (χ0n) is 18.8. The maximum atomic E-state index is 13.4. The Labute approximate surface area is 199 Å². The standard InChI is InChI=1S/C27H26N2O4S/c1-2-33-25-16-14-24(15-17-25)29(34(31,32)26-10-4-3-5-11-26)20-27(30)28-19-21-12-13-22-8-6-7-9-23(22)18-21/h3-18H,2,19-20H2,1H3,(H,28,30). The third-order valence-electron chi connectivity index (χ3n) is 5.36. The first-order valence-electron chi connectivity index (χ1n) is 11.0. The van der Waals surface area contributed by atoms with Crippen molar-refractivity contribution in [2.75, 3.05) is 17.5 Å². The van der Waals surface area contributed by atoms with Crippen LogP contribution in [0, 0.1) is 0 Å². The molecule has 0 spiro atoms. The van der Waals surface area contributed by atoms with Gasteiger partial charge >= 0.3 is 0 Å². The van der Waals surface area contributed by atoms with Crippen molar-refractivity contribution < 1.29 is 17.9 Å². The molecule has 174 valence electrons. The highest BCUT2D eigenvalue weighted by Gasteiger charge is 2.27. The number of nitrogens with zero attached hydrogens (tertiary/aromatic N) is 1. The summed E-state index contributed by atoms with van der Waals surface area (Å²) in [6.45, 7) is 2.33. The molecule has 1 N–H and O–H groups in total. The maximum absolute atomic E-state index is 13.4. The van der Waals surface area contributed by atoms with E-state index in [1.807, 2.05) is 49.4 Å². The second-order valence-electron chi connectivity index (χ2n) is 7.71. The molecule has 4 aromatic carbocycles. The van der Waals surface area contributed by atoms with Crippen LogP contribution in [0.1, 0.15) is 12.5 Å². The van der Waals surface area contributed by atoms with Gasteiger partial charge in [0.2, 0.25) is 5.91 Å². The monoisotopic (exact) mass is 474 g/mol. The number of carbonyl (C=O) groups excluding carboxylic acids is 1. The van der Waals surface area contributed by atoms with Crippen LogP contribution in [-0.2, 0) is 21.4 Å². The van der Waals surface area contributed by atoms with E-state index in [2.05, 4.69) is 5.32 Å². The van der Waals surface area contributed by atoms with Gasteiger partial charge in [-0.25, -0.2) is 8.42 Å². The van der Waals surface area contributed by atoms with Gasteiger partial charge in [-0.2, -0.15) is 0 Å². The predicted octanol–water partition coefficient (Wildman–Crippen LogP) is 4.75. The molecule has 1 amide bonds. The van der Waals surface area contributed by atoms with E-state index in [0.717, 1.165) is 20.6 Å². The SMILES string of the molecule is CCOc1ccc(N(CC(=O)NCc2ccc3ccccc3c2)S(=O)(=O)c2ccccc2)cc1. The van der Waals surface area contributed by atoms with Gasteiger partial charge in [-0.15, -0.1) is 0 Å². The van der Waals surface area contributed by atoms with Gasteiger partial charge in [-0.3, -0.25) is 9.10 Å². The number of fused-ring (bicyclic) bond motifs is 1. The summed E-state index contributed by atoms with van der Waals surface area (Å²) in [6.07, 6.45) is 0. The summed E-state index contributed by atoms with van der Waals surface area (Å²) in [5.74, 6) is 0.227. The van der Waals surface area contributed by atoms with Crippen LogP contribution in [-0.4, -0.2) is 27.5 Å². The Morgan fingerprint density at radius 1 is 0.853 bits per heavy atom. The van der Waals surface area contributed by atoms with Gasteiger partial charge in [-0.1, -0.05) is 54.6 Å². The molecule has 0 heterocycles. The number of sulfonamides is 1. The van der Waals surface area contributed by atoms with Gasteiger partial charge in [0.1, 0.15) is 12.3 Å². The van der Waals surface area contributed by atoms with Crippen LogP contribution in [0.5, 0.6) is 5.75 Å². The van der Waals surface area contributed by atoms with Crippen LogP contribution >= 0.6 is 0 Å². The number of amides is 1. The molecular weight excluding hydrogens is 448 g/mol. The van der Waals surface area contributed by atoms with E-state index in [0.29, 0.717) is 24.6 Å². The van der Waals surface area contributed by atoms with Crippen LogP contribution < -0.4 is 14.4 Å². The van der Waals surface area contributed by atoms with Crippen molar-refractivity contribution >= 4 is 32.4 Å². The number of ether oxygens (including phenoxy) is 1. The van der Waals surface area contributed by atoms with Crippen molar-refractivity contribution in [3.63, 3.8) is 0 Å². The molecule has 0 aliphatic heterocycles. The minimum absolute atomic E-state index is 0.117. The van der Waals surface area contributed by atoms with Crippen LogP contribution in [0.25, 0.3) is 10.8 Å². The van der Waals surface area contributed by atoms with Crippen molar-refractivity contribution in [1.29, 1.82) is 0 Å². The third-order valence-corrected chi connectivity index (χ3v) is 7.15. The van der Waals surface area contributed by atoms with E-state index in [1.54, 1.807) is 42.5 Å². The van der Waals surface area contributed by atoms with E-state index in [9.17, 15) is 13.2 Å². The van der Waals surface area contributed by atoms with Crippen LogP contribution in [0.2, 0.25) is 0 Å². The van der Waals surface area contributed by atoms with E-state index in [4.69, 9.17) is 4.74 Å². The van der Waals surface area contributed by atoms with Crippen molar-refractivity contribution in [2.24, 2.45) is 0 Å². The normalized spacial score (nSPS) is 11.2. The van der Waals surface area contributed by atoms with E-state index >= 15 is 0 Å². The second kappa shape index (κ2) is 10.4. The largest absolute Gasteiger partial charge is 0.494 e. The van der Waals surface area contributed by atoms with Gasteiger partial charge < -0.3 is 10.1 Å². The molecule has 0 radical (unpaired) electrons. The average Bonchev–Trinajstić information content (AvgIpc) is 2.87. The van der Waals surface area contributed by atoms with Crippen LogP contribution in [0.4, 0.5) is 5.69 Å². The van der Waals surface area contributed by atoms with Gasteiger partial charge in [0, 0.05) is 6.54 Å². The molecule has 0 atom stereocenters. The van der Waals surface area contributed by atoms with Gasteiger partial charge in [-0.05, 0) is 65.7 Å². The Balaban J connectivity index is 1.55. The molecule has 4 aromatic rings. The summed E-state index contributed by atoms with van der Waals surface area (Å²) in [4.78, 5) is 13.0. The fourth-order valence-electron chi connectivity index (χ4n) is 3.65. The number of anilines is 1. The molecule has 4 rings (SSSR count). The average molecular weight is 475 g/mol. The molecule has 7 heteroatoms. The van der Waals surface area contributed by atoms with Crippen LogP contribution in [0.15, 0.2) is 102 Å². The lowest BCUT2D eigenvalue weighted by Gasteiger charge is -2.24. The molecule has 0 fully saturated rings. The van der Waals surface area contributed by atoms with Crippen molar-refractivity contribution in [3.05, 3.63) is 103 Å². The fourth-order valence-corrected chi connectivity index (χ4v) is 5.09. The van der Waals surface area contributed by atoms with Crippen LogP contribution in [0.3, 0.4) is 0 Å². The number of hydrogen-bond donors (Lipinski definition) is 1. The minimum atomic E-state index is -3.95. The van der Waals surface area contributed by atoms with Gasteiger partial charge in [0.05, 0.1) is 17.2 Å². The van der Waals surface area contributed by atoms with Gasteiger partial charge in [0.25, 0.3) is 10.0 Å². The maximum Gasteiger partial charge on any atom is 0.264 e. The number of benzene rings is 4. The van der Waals surface area contributed by atoms with Crippen molar-refractivity contribution in [3.8, 4) is 5.75 Å². The molecular formula is C27H26N2O4S. The second-order valence-corrected chi connectivity index (χ2v) is 9.57. The van der Waals surface area contributed by atoms with Crippen molar-refractivity contribution in [2.45, 2.75) is 18.4 Å². The highest BCUT2D eigenvalue weighted by Crippen LogP contribution is 2.26. The zero-order chi connectivity index (χ0) is 24.0. The quantitative estimate of drug-likeness (QED) is 0.380. The number of rotatable bonds is 9. The molecule has 0 saturated heterocycles. The van der Waals surface area contributed by atoms with E-state index < -0.39 is 15.9 Å². The molecule has 0 aliphatic rings. The molecule has 6 nitrogen and oxygen atoms in total. The topological polar surface area (TPSA) is 75.7 Å². The Morgan fingerprint density at radius 3 is 2.24 bits per heavy atom. The summed E-state index contributed by atoms with van der Waals surface area (Å²) >= 11 is 0. The zero-order valence-corrected chi connectivity index (χ0v) is 19.7. The Hall–Kier alpha value is -3.84. The lowest BCUT2D eigenvalue weighted by Crippen LogP contribution is -2.40. The summed E-state index contributed by atoms with van der Waals surface area (Å²) in [5, 5.41) is 5.05. The van der Waals surface area contributed by atoms with E-state index in [-0.39, 0.29) is 11.4 Å². The number of carbonyl (C=O) groups is 1. The first-order valence-corrected chi connectivity index (χ1v) is 12.5. The molecule has 0 saturated carbocycles. The lowest BCUT2D eigenvalue weighted by atomic mass is 10.1. The van der Waals surface area contributed by atoms with Crippen molar-refractivity contribution in [1.82, 2.24) is 5.32 Å². The highest BCUT2D eigenvalue weighted by atomic mass is 32.2. The molecule has 0 bridgehead atoms.